The summed E-state index contributed by atoms with van der Waals surface area (Å²) >= 11 is 1.51. The summed E-state index contributed by atoms with van der Waals surface area (Å²) in [6.07, 6.45) is 6.85. The summed E-state index contributed by atoms with van der Waals surface area (Å²) in [5.41, 5.74) is 3.54. The molecule has 1 unspecified atom stereocenters. The van der Waals surface area contributed by atoms with E-state index in [4.69, 9.17) is 9.72 Å². The Labute approximate surface area is 180 Å². The Morgan fingerprint density at radius 3 is 3.00 bits per heavy atom. The van der Waals surface area contributed by atoms with Gasteiger partial charge in [-0.2, -0.15) is 0 Å². The molecular weight excluding hydrogens is 396 g/mol. The van der Waals surface area contributed by atoms with E-state index < -0.39 is 0 Å². The highest BCUT2D eigenvalue weighted by molar-refractivity contribution is 7.15. The molecule has 1 saturated heterocycles. The summed E-state index contributed by atoms with van der Waals surface area (Å²) in [7, 11) is 0. The first-order chi connectivity index (χ1) is 14.4. The van der Waals surface area contributed by atoms with Gasteiger partial charge in [-0.25, -0.2) is 4.98 Å². The SMILES string of the molecule is Cc1nnc(Nc2cncc(C3CCCN3Cc3ccc4c(c3)CC(C)(C)O4)n2)s1. The van der Waals surface area contributed by atoms with Crippen molar-refractivity contribution in [3.8, 4) is 5.75 Å². The minimum atomic E-state index is -0.106. The monoisotopic (exact) mass is 422 g/mol. The lowest BCUT2D eigenvalue weighted by Crippen LogP contribution is -2.24. The van der Waals surface area contributed by atoms with Crippen LogP contribution in [0.1, 0.15) is 54.6 Å². The van der Waals surface area contributed by atoms with Crippen LogP contribution in [0, 0.1) is 6.92 Å². The lowest BCUT2D eigenvalue weighted by atomic mass is 10.00. The third-order valence-electron chi connectivity index (χ3n) is 5.63. The lowest BCUT2D eigenvalue weighted by molar-refractivity contribution is 0.138. The van der Waals surface area contributed by atoms with E-state index in [9.17, 15) is 0 Å². The number of hydrogen-bond donors (Lipinski definition) is 1. The Hall–Kier alpha value is -2.58. The van der Waals surface area contributed by atoms with Gasteiger partial charge in [-0.1, -0.05) is 23.5 Å². The van der Waals surface area contributed by atoms with Crippen molar-refractivity contribution < 1.29 is 4.74 Å². The summed E-state index contributed by atoms with van der Waals surface area (Å²) in [4.78, 5) is 11.8. The van der Waals surface area contributed by atoms with Crippen LogP contribution in [-0.2, 0) is 13.0 Å². The van der Waals surface area contributed by atoms with Gasteiger partial charge in [0.15, 0.2) is 5.82 Å². The van der Waals surface area contributed by atoms with Gasteiger partial charge in [-0.15, -0.1) is 10.2 Å². The molecule has 0 saturated carbocycles. The van der Waals surface area contributed by atoms with Gasteiger partial charge >= 0.3 is 0 Å². The number of likely N-dealkylation sites (tertiary alicyclic amines) is 1. The molecule has 5 rings (SSSR count). The molecule has 1 aromatic carbocycles. The van der Waals surface area contributed by atoms with E-state index >= 15 is 0 Å². The van der Waals surface area contributed by atoms with Crippen molar-refractivity contribution in [2.24, 2.45) is 0 Å². The van der Waals surface area contributed by atoms with Gasteiger partial charge in [-0.05, 0) is 57.4 Å². The smallest absolute Gasteiger partial charge is 0.211 e. The molecule has 4 heterocycles. The third-order valence-corrected chi connectivity index (χ3v) is 6.39. The molecule has 1 N–H and O–H groups in total. The van der Waals surface area contributed by atoms with E-state index in [1.54, 1.807) is 6.20 Å². The van der Waals surface area contributed by atoms with Gasteiger partial charge < -0.3 is 10.1 Å². The zero-order valence-electron chi connectivity index (χ0n) is 17.6. The van der Waals surface area contributed by atoms with Crippen LogP contribution < -0.4 is 10.1 Å². The van der Waals surface area contributed by atoms with Gasteiger partial charge in [-0.3, -0.25) is 9.88 Å². The molecule has 8 heteroatoms. The van der Waals surface area contributed by atoms with Crippen molar-refractivity contribution in [2.45, 2.75) is 58.2 Å². The highest BCUT2D eigenvalue weighted by Crippen LogP contribution is 2.37. The minimum Gasteiger partial charge on any atom is -0.487 e. The molecule has 0 spiro atoms. The Bertz CT molecular complexity index is 1070. The van der Waals surface area contributed by atoms with E-state index in [-0.39, 0.29) is 11.6 Å². The van der Waals surface area contributed by atoms with E-state index in [0.29, 0.717) is 5.82 Å². The normalized spacial score (nSPS) is 20.2. The number of benzene rings is 1. The van der Waals surface area contributed by atoms with E-state index in [1.807, 2.05) is 13.1 Å². The number of nitrogens with one attached hydrogen (secondary N) is 1. The topological polar surface area (TPSA) is 76.1 Å². The number of nitrogens with zero attached hydrogens (tertiary/aromatic N) is 5. The molecule has 1 atom stereocenters. The molecule has 0 bridgehead atoms. The number of fused-ring (bicyclic) bond motifs is 1. The van der Waals surface area contributed by atoms with Crippen LogP contribution in [0.3, 0.4) is 0 Å². The maximum Gasteiger partial charge on any atom is 0.211 e. The highest BCUT2D eigenvalue weighted by Gasteiger charge is 2.31. The summed E-state index contributed by atoms with van der Waals surface area (Å²) in [5, 5.41) is 13.1. The Morgan fingerprint density at radius 1 is 1.27 bits per heavy atom. The first-order valence-electron chi connectivity index (χ1n) is 10.4. The second-order valence-corrected chi connectivity index (χ2v) is 9.87. The van der Waals surface area contributed by atoms with Crippen molar-refractivity contribution in [3.05, 3.63) is 52.4 Å². The first kappa shape index (κ1) is 19.4. The second kappa shape index (κ2) is 7.59. The summed E-state index contributed by atoms with van der Waals surface area (Å²) < 4.78 is 6.03. The number of aromatic nitrogens is 4. The standard InChI is InChI=1S/C22H26N6OS/c1-14-26-27-21(30-14)25-20-12-23-11-17(24-20)18-5-4-8-28(18)13-15-6-7-19-16(9-15)10-22(2,3)29-19/h6-7,9,11-12,18H,4-5,8,10,13H2,1-3H3,(H,24,25,27). The molecule has 1 fully saturated rings. The van der Waals surface area contributed by atoms with E-state index in [0.717, 1.165) is 47.5 Å². The van der Waals surface area contributed by atoms with E-state index in [1.165, 1.54) is 28.9 Å². The molecule has 3 aromatic rings. The lowest BCUT2D eigenvalue weighted by Gasteiger charge is -2.24. The summed E-state index contributed by atoms with van der Waals surface area (Å²) in [5.74, 6) is 1.74. The Balaban J connectivity index is 1.32. The highest BCUT2D eigenvalue weighted by atomic mass is 32.1. The van der Waals surface area contributed by atoms with Crippen LogP contribution in [0.4, 0.5) is 10.9 Å². The zero-order valence-corrected chi connectivity index (χ0v) is 18.4. The van der Waals surface area contributed by atoms with Crippen LogP contribution in [0.2, 0.25) is 0 Å². The number of aryl methyl sites for hydroxylation is 1. The number of anilines is 2. The van der Waals surface area contributed by atoms with E-state index in [2.05, 4.69) is 57.4 Å². The summed E-state index contributed by atoms with van der Waals surface area (Å²) in [6, 6.07) is 6.90. The fraction of sp³-hybridized carbons (Fsp3) is 0.455. The first-order valence-corrected chi connectivity index (χ1v) is 11.2. The van der Waals surface area contributed by atoms with Gasteiger partial charge in [0.25, 0.3) is 0 Å². The maximum absolute atomic E-state index is 6.03. The average molecular weight is 423 g/mol. The van der Waals surface area contributed by atoms with Crippen molar-refractivity contribution in [1.82, 2.24) is 25.1 Å². The Kier molecular flexibility index (Phi) is 4.91. The minimum absolute atomic E-state index is 0.106. The largest absolute Gasteiger partial charge is 0.487 e. The van der Waals surface area contributed by atoms with Gasteiger partial charge in [0.1, 0.15) is 16.4 Å². The molecule has 0 radical (unpaired) electrons. The molecule has 2 aliphatic heterocycles. The fourth-order valence-corrected chi connectivity index (χ4v) is 5.00. The van der Waals surface area contributed by atoms with Crippen molar-refractivity contribution in [3.63, 3.8) is 0 Å². The van der Waals surface area contributed by atoms with Crippen LogP contribution in [-0.4, -0.2) is 37.2 Å². The van der Waals surface area contributed by atoms with Crippen molar-refractivity contribution in [1.29, 1.82) is 0 Å². The van der Waals surface area contributed by atoms with Crippen LogP contribution >= 0.6 is 11.3 Å². The zero-order chi connectivity index (χ0) is 20.7. The van der Waals surface area contributed by atoms with Gasteiger partial charge in [0.2, 0.25) is 5.13 Å². The van der Waals surface area contributed by atoms with Crippen molar-refractivity contribution in [2.75, 3.05) is 11.9 Å². The van der Waals surface area contributed by atoms with Gasteiger partial charge in [0, 0.05) is 13.0 Å². The predicted octanol–water partition coefficient (Wildman–Crippen LogP) is 4.43. The van der Waals surface area contributed by atoms with Crippen molar-refractivity contribution >= 4 is 22.3 Å². The molecule has 0 aliphatic carbocycles. The predicted molar refractivity (Wildman–Crippen MR) is 117 cm³/mol. The molecule has 30 heavy (non-hydrogen) atoms. The maximum atomic E-state index is 6.03. The second-order valence-electron chi connectivity index (χ2n) is 8.69. The number of rotatable bonds is 5. The summed E-state index contributed by atoms with van der Waals surface area (Å²) in [6.45, 7) is 8.21. The molecule has 2 aromatic heterocycles. The van der Waals surface area contributed by atoms with Gasteiger partial charge in [0.05, 0.1) is 24.1 Å². The molecule has 156 valence electrons. The molecule has 2 aliphatic rings. The number of ether oxygens (including phenoxy) is 1. The van der Waals surface area contributed by atoms with Crippen LogP contribution in [0.5, 0.6) is 5.75 Å². The Morgan fingerprint density at radius 2 is 2.17 bits per heavy atom. The van der Waals surface area contributed by atoms with Crippen LogP contribution in [0.25, 0.3) is 0 Å². The number of hydrogen-bond acceptors (Lipinski definition) is 8. The quantitative estimate of drug-likeness (QED) is 0.652. The fourth-order valence-electron chi connectivity index (χ4n) is 4.40. The third kappa shape index (κ3) is 4.02. The molecule has 7 nitrogen and oxygen atoms in total. The average Bonchev–Trinajstić information content (AvgIpc) is 3.39. The molecule has 0 amide bonds. The molecular formula is C22H26N6OS. The van der Waals surface area contributed by atoms with Crippen LogP contribution in [0.15, 0.2) is 30.6 Å².